The largest absolute Gasteiger partial charge is 0.497 e. The smallest absolute Gasteiger partial charge is 0.219 e. The molecule has 26 heavy (non-hydrogen) atoms. The number of aryl methyl sites for hydroxylation is 1. The van der Waals surface area contributed by atoms with Crippen LogP contribution in [0.5, 0.6) is 5.75 Å². The molecule has 144 valence electrons. The van der Waals surface area contributed by atoms with Crippen LogP contribution in [0.2, 0.25) is 0 Å². The first kappa shape index (κ1) is 19.2. The molecule has 0 aliphatic carbocycles. The molecule has 2 aliphatic rings. The fourth-order valence-electron chi connectivity index (χ4n) is 4.13. The Hall–Kier alpha value is -1.59. The second-order valence-electron chi connectivity index (χ2n) is 7.74. The van der Waals surface area contributed by atoms with Gasteiger partial charge < -0.3 is 14.4 Å². The van der Waals surface area contributed by atoms with E-state index in [1.807, 2.05) is 17.0 Å². The summed E-state index contributed by atoms with van der Waals surface area (Å²) < 4.78 is 11.4. The molecular weight excluding hydrogens is 328 g/mol. The van der Waals surface area contributed by atoms with Gasteiger partial charge in [0.2, 0.25) is 5.91 Å². The number of carbonyl (C=O) groups is 1. The molecule has 2 fully saturated rings. The summed E-state index contributed by atoms with van der Waals surface area (Å²) in [5.41, 5.74) is 1.30. The van der Waals surface area contributed by atoms with E-state index in [2.05, 4.69) is 24.0 Å². The number of nitrogens with zero attached hydrogens (tertiary/aromatic N) is 2. The van der Waals surface area contributed by atoms with Crippen LogP contribution in [-0.4, -0.2) is 67.2 Å². The third kappa shape index (κ3) is 4.57. The molecule has 0 radical (unpaired) electrons. The van der Waals surface area contributed by atoms with Crippen LogP contribution in [0.4, 0.5) is 0 Å². The Morgan fingerprint density at radius 3 is 2.54 bits per heavy atom. The Morgan fingerprint density at radius 2 is 1.92 bits per heavy atom. The highest BCUT2D eigenvalue weighted by atomic mass is 16.5. The fraction of sp³-hybridized carbons (Fsp3) is 0.667. The number of carbonyl (C=O) groups excluding carboxylic acids is 1. The van der Waals surface area contributed by atoms with Crippen LogP contribution in [0.15, 0.2) is 24.3 Å². The maximum atomic E-state index is 11.6. The summed E-state index contributed by atoms with van der Waals surface area (Å²) in [6, 6.07) is 8.91. The maximum absolute atomic E-state index is 11.6. The highest BCUT2D eigenvalue weighted by molar-refractivity contribution is 5.73. The first-order chi connectivity index (χ1) is 12.5. The Labute approximate surface area is 157 Å². The van der Waals surface area contributed by atoms with Crippen LogP contribution in [0.25, 0.3) is 0 Å². The van der Waals surface area contributed by atoms with Crippen molar-refractivity contribution in [2.75, 3.05) is 39.9 Å². The van der Waals surface area contributed by atoms with Crippen molar-refractivity contribution in [1.82, 2.24) is 9.80 Å². The second-order valence-corrected chi connectivity index (χ2v) is 7.74. The number of benzene rings is 1. The summed E-state index contributed by atoms with van der Waals surface area (Å²) in [4.78, 5) is 16.1. The van der Waals surface area contributed by atoms with Gasteiger partial charge in [0.05, 0.1) is 19.3 Å². The number of likely N-dealkylation sites (tertiary alicyclic amines) is 1. The highest BCUT2D eigenvalue weighted by Crippen LogP contribution is 2.31. The van der Waals surface area contributed by atoms with E-state index in [9.17, 15) is 4.79 Å². The van der Waals surface area contributed by atoms with E-state index < -0.39 is 0 Å². The Kier molecular flexibility index (Phi) is 6.20. The number of hydrogen-bond donors (Lipinski definition) is 0. The lowest BCUT2D eigenvalue weighted by molar-refractivity contribution is -0.152. The standard InChI is InChI=1S/C21H32N2O3/c1-17(4-5-19-6-8-20(25-3)9-7-19)23-14-15-26-21(16-23)10-12-22(13-11-21)18(2)24/h6-9,17H,4-5,10-16H2,1-3H3. The molecule has 2 aliphatic heterocycles. The van der Waals surface area contributed by atoms with E-state index >= 15 is 0 Å². The Balaban J connectivity index is 1.51. The molecule has 5 heteroatoms. The molecule has 0 bridgehead atoms. The molecule has 1 aromatic rings. The van der Waals surface area contributed by atoms with Gasteiger partial charge in [-0.2, -0.15) is 0 Å². The molecular formula is C21H32N2O3. The average Bonchev–Trinajstić information content (AvgIpc) is 2.67. The topological polar surface area (TPSA) is 42.0 Å². The molecule has 0 N–H and O–H groups in total. The van der Waals surface area contributed by atoms with E-state index in [1.165, 1.54) is 5.56 Å². The van der Waals surface area contributed by atoms with Gasteiger partial charge in [0, 0.05) is 39.1 Å². The van der Waals surface area contributed by atoms with Crippen molar-refractivity contribution in [3.05, 3.63) is 29.8 Å². The summed E-state index contributed by atoms with van der Waals surface area (Å²) in [5, 5.41) is 0. The summed E-state index contributed by atoms with van der Waals surface area (Å²) in [7, 11) is 1.70. The van der Waals surface area contributed by atoms with Gasteiger partial charge in [-0.25, -0.2) is 0 Å². The minimum Gasteiger partial charge on any atom is -0.497 e. The van der Waals surface area contributed by atoms with Gasteiger partial charge in [-0.15, -0.1) is 0 Å². The van der Waals surface area contributed by atoms with Gasteiger partial charge in [-0.3, -0.25) is 9.69 Å². The van der Waals surface area contributed by atoms with Crippen molar-refractivity contribution in [2.45, 2.75) is 51.2 Å². The lowest BCUT2D eigenvalue weighted by Gasteiger charge is -2.48. The summed E-state index contributed by atoms with van der Waals surface area (Å²) >= 11 is 0. The first-order valence-electron chi connectivity index (χ1n) is 9.78. The quantitative estimate of drug-likeness (QED) is 0.810. The molecule has 1 aromatic carbocycles. The third-order valence-corrected chi connectivity index (χ3v) is 6.03. The molecule has 0 saturated carbocycles. The van der Waals surface area contributed by atoms with Crippen molar-refractivity contribution >= 4 is 5.91 Å². The van der Waals surface area contributed by atoms with Crippen molar-refractivity contribution < 1.29 is 14.3 Å². The minimum atomic E-state index is -0.0570. The average molecular weight is 360 g/mol. The molecule has 2 saturated heterocycles. The second kappa shape index (κ2) is 8.40. The van der Waals surface area contributed by atoms with Crippen molar-refractivity contribution in [1.29, 1.82) is 0 Å². The van der Waals surface area contributed by atoms with E-state index in [1.54, 1.807) is 14.0 Å². The van der Waals surface area contributed by atoms with Gasteiger partial charge in [0.25, 0.3) is 0 Å². The van der Waals surface area contributed by atoms with Gasteiger partial charge in [-0.05, 0) is 50.3 Å². The number of piperidine rings is 1. The number of ether oxygens (including phenoxy) is 2. The first-order valence-corrected chi connectivity index (χ1v) is 9.78. The molecule has 3 rings (SSSR count). The number of hydrogen-bond acceptors (Lipinski definition) is 4. The van der Waals surface area contributed by atoms with Gasteiger partial charge in [-0.1, -0.05) is 12.1 Å². The summed E-state index contributed by atoms with van der Waals surface area (Å²) in [6.07, 6.45) is 4.12. The minimum absolute atomic E-state index is 0.0570. The van der Waals surface area contributed by atoms with Gasteiger partial charge >= 0.3 is 0 Å². The van der Waals surface area contributed by atoms with E-state index in [4.69, 9.17) is 9.47 Å². The van der Waals surface area contributed by atoms with Crippen LogP contribution in [0.3, 0.4) is 0 Å². The number of morpholine rings is 1. The zero-order valence-electron chi connectivity index (χ0n) is 16.4. The number of rotatable bonds is 5. The summed E-state index contributed by atoms with van der Waals surface area (Å²) in [5.74, 6) is 1.09. The van der Waals surface area contributed by atoms with Crippen LogP contribution < -0.4 is 4.74 Å². The van der Waals surface area contributed by atoms with Crippen molar-refractivity contribution in [3.63, 3.8) is 0 Å². The van der Waals surface area contributed by atoms with E-state index in [0.717, 1.165) is 64.2 Å². The third-order valence-electron chi connectivity index (χ3n) is 6.03. The zero-order chi connectivity index (χ0) is 18.6. The molecule has 1 unspecified atom stereocenters. The monoisotopic (exact) mass is 360 g/mol. The molecule has 1 amide bonds. The predicted octanol–water partition coefficient (Wildman–Crippen LogP) is 2.73. The molecule has 1 spiro atoms. The fourth-order valence-corrected chi connectivity index (χ4v) is 4.13. The molecule has 1 atom stereocenters. The van der Waals surface area contributed by atoms with Crippen LogP contribution >= 0.6 is 0 Å². The normalized spacial score (nSPS) is 21.6. The zero-order valence-corrected chi connectivity index (χ0v) is 16.4. The van der Waals surface area contributed by atoms with Crippen molar-refractivity contribution in [2.24, 2.45) is 0 Å². The Morgan fingerprint density at radius 1 is 1.23 bits per heavy atom. The lowest BCUT2D eigenvalue weighted by Crippen LogP contribution is -2.58. The maximum Gasteiger partial charge on any atom is 0.219 e. The predicted molar refractivity (Wildman–Crippen MR) is 103 cm³/mol. The van der Waals surface area contributed by atoms with Crippen molar-refractivity contribution in [3.8, 4) is 5.75 Å². The van der Waals surface area contributed by atoms with Crippen LogP contribution in [0.1, 0.15) is 38.7 Å². The highest BCUT2D eigenvalue weighted by Gasteiger charge is 2.40. The SMILES string of the molecule is COc1ccc(CCC(C)N2CCOC3(CCN(C(C)=O)CC3)C2)cc1. The van der Waals surface area contributed by atoms with Crippen LogP contribution in [-0.2, 0) is 16.0 Å². The van der Waals surface area contributed by atoms with Gasteiger partial charge in [0.1, 0.15) is 5.75 Å². The summed E-state index contributed by atoms with van der Waals surface area (Å²) in [6.45, 7) is 8.42. The van der Waals surface area contributed by atoms with Crippen LogP contribution in [0, 0.1) is 0 Å². The van der Waals surface area contributed by atoms with Gasteiger partial charge in [0.15, 0.2) is 0 Å². The Bertz CT molecular complexity index is 594. The van der Waals surface area contributed by atoms with E-state index in [0.29, 0.717) is 6.04 Å². The molecule has 0 aromatic heterocycles. The lowest BCUT2D eigenvalue weighted by atomic mass is 9.88. The van der Waals surface area contributed by atoms with E-state index in [-0.39, 0.29) is 11.5 Å². The number of methoxy groups -OCH3 is 1. The molecule has 2 heterocycles. The number of amides is 1. The molecule has 5 nitrogen and oxygen atoms in total.